The Balaban J connectivity index is 1.94. The van der Waals surface area contributed by atoms with E-state index >= 15 is 0 Å². The zero-order chi connectivity index (χ0) is 11.6. The van der Waals surface area contributed by atoms with E-state index in [1.807, 2.05) is 0 Å². The maximum Gasteiger partial charge on any atom is 0.0328 e. The van der Waals surface area contributed by atoms with E-state index in [9.17, 15) is 0 Å². The van der Waals surface area contributed by atoms with Crippen LogP contribution in [-0.2, 0) is 0 Å². The number of thiophene rings is 1. The van der Waals surface area contributed by atoms with Crippen LogP contribution < -0.4 is 5.32 Å². The third kappa shape index (κ3) is 2.47. The molecule has 2 rings (SSSR count). The Labute approximate surface area is 103 Å². The Kier molecular flexibility index (Phi) is 3.67. The summed E-state index contributed by atoms with van der Waals surface area (Å²) < 4.78 is 0. The molecule has 0 bridgehead atoms. The molecule has 1 fully saturated rings. The Hall–Kier alpha value is -0.380. The summed E-state index contributed by atoms with van der Waals surface area (Å²) in [6, 6.07) is 2.83. The van der Waals surface area contributed by atoms with Gasteiger partial charge in [0, 0.05) is 24.7 Å². The lowest BCUT2D eigenvalue weighted by Gasteiger charge is -2.41. The highest BCUT2D eigenvalue weighted by molar-refractivity contribution is 7.07. The SMILES string of the molecule is CNC1(C)CCN(C(C)c2ccsc2)CC1. The quantitative estimate of drug-likeness (QED) is 0.871. The summed E-state index contributed by atoms with van der Waals surface area (Å²) in [5.74, 6) is 0. The number of hydrogen-bond acceptors (Lipinski definition) is 3. The molecule has 0 spiro atoms. The van der Waals surface area contributed by atoms with Crippen molar-refractivity contribution >= 4 is 11.3 Å². The fourth-order valence-electron chi connectivity index (χ4n) is 2.38. The lowest BCUT2D eigenvalue weighted by atomic mass is 9.89. The molecule has 0 aromatic carbocycles. The molecule has 1 aliphatic rings. The minimum Gasteiger partial charge on any atom is -0.314 e. The molecule has 90 valence electrons. The molecule has 1 aromatic heterocycles. The number of nitrogens with one attached hydrogen (secondary N) is 1. The molecule has 1 saturated heterocycles. The monoisotopic (exact) mass is 238 g/mol. The normalized spacial score (nSPS) is 23.2. The zero-order valence-corrected chi connectivity index (χ0v) is 11.3. The molecular weight excluding hydrogens is 216 g/mol. The average Bonchev–Trinajstić information content (AvgIpc) is 2.83. The first-order chi connectivity index (χ1) is 7.64. The zero-order valence-electron chi connectivity index (χ0n) is 10.5. The van der Waals surface area contributed by atoms with Gasteiger partial charge in [-0.05, 0) is 56.1 Å². The predicted molar refractivity (Wildman–Crippen MR) is 71.0 cm³/mol. The number of rotatable bonds is 3. The van der Waals surface area contributed by atoms with Crippen molar-refractivity contribution in [3.8, 4) is 0 Å². The van der Waals surface area contributed by atoms with Crippen molar-refractivity contribution < 1.29 is 0 Å². The first-order valence-corrected chi connectivity index (χ1v) is 7.04. The van der Waals surface area contributed by atoms with Gasteiger partial charge in [-0.1, -0.05) is 0 Å². The molecule has 1 unspecified atom stereocenters. The van der Waals surface area contributed by atoms with Gasteiger partial charge in [0.2, 0.25) is 0 Å². The molecule has 3 heteroatoms. The van der Waals surface area contributed by atoms with Gasteiger partial charge in [-0.25, -0.2) is 0 Å². The Bertz CT molecular complexity index is 313. The second kappa shape index (κ2) is 4.86. The van der Waals surface area contributed by atoms with E-state index in [1.54, 1.807) is 11.3 Å². The van der Waals surface area contributed by atoms with Crippen molar-refractivity contribution in [3.05, 3.63) is 22.4 Å². The van der Waals surface area contributed by atoms with Gasteiger partial charge in [0.1, 0.15) is 0 Å². The second-order valence-electron chi connectivity index (χ2n) is 5.08. The molecule has 16 heavy (non-hydrogen) atoms. The highest BCUT2D eigenvalue weighted by Gasteiger charge is 2.30. The van der Waals surface area contributed by atoms with E-state index in [-0.39, 0.29) is 0 Å². The number of nitrogens with zero attached hydrogens (tertiary/aromatic N) is 1. The van der Waals surface area contributed by atoms with Gasteiger partial charge in [-0.2, -0.15) is 11.3 Å². The summed E-state index contributed by atoms with van der Waals surface area (Å²) in [6.45, 7) is 7.06. The molecule has 0 aliphatic carbocycles. The van der Waals surface area contributed by atoms with Crippen molar-refractivity contribution in [2.75, 3.05) is 20.1 Å². The van der Waals surface area contributed by atoms with E-state index in [1.165, 1.54) is 31.5 Å². The molecule has 2 nitrogen and oxygen atoms in total. The molecule has 0 radical (unpaired) electrons. The van der Waals surface area contributed by atoms with Crippen LogP contribution in [-0.4, -0.2) is 30.6 Å². The summed E-state index contributed by atoms with van der Waals surface area (Å²) in [4.78, 5) is 2.60. The van der Waals surface area contributed by atoms with Crippen LogP contribution in [0.25, 0.3) is 0 Å². The van der Waals surface area contributed by atoms with Crippen LogP contribution >= 0.6 is 11.3 Å². The number of hydrogen-bond donors (Lipinski definition) is 1. The molecule has 1 aliphatic heterocycles. The lowest BCUT2D eigenvalue weighted by molar-refractivity contribution is 0.117. The van der Waals surface area contributed by atoms with E-state index in [0.717, 1.165) is 0 Å². The van der Waals surface area contributed by atoms with Gasteiger partial charge in [0.15, 0.2) is 0 Å². The van der Waals surface area contributed by atoms with Gasteiger partial charge in [0.05, 0.1) is 0 Å². The third-order valence-electron chi connectivity index (χ3n) is 4.08. The van der Waals surface area contributed by atoms with E-state index in [2.05, 4.69) is 47.9 Å². The number of piperidine rings is 1. The third-order valence-corrected chi connectivity index (χ3v) is 4.78. The summed E-state index contributed by atoms with van der Waals surface area (Å²) in [5, 5.41) is 7.90. The van der Waals surface area contributed by atoms with E-state index < -0.39 is 0 Å². The predicted octanol–water partition coefficient (Wildman–Crippen LogP) is 2.88. The minimum atomic E-state index is 0.352. The van der Waals surface area contributed by atoms with Crippen LogP contribution in [0, 0.1) is 0 Å². The van der Waals surface area contributed by atoms with Crippen molar-refractivity contribution in [3.63, 3.8) is 0 Å². The maximum absolute atomic E-state index is 3.45. The van der Waals surface area contributed by atoms with Crippen LogP contribution in [0.4, 0.5) is 0 Å². The van der Waals surface area contributed by atoms with Gasteiger partial charge < -0.3 is 5.32 Å². The molecule has 1 aromatic rings. The van der Waals surface area contributed by atoms with Crippen LogP contribution in [0.5, 0.6) is 0 Å². The minimum absolute atomic E-state index is 0.352. The molecule has 0 saturated carbocycles. The molecule has 1 N–H and O–H groups in total. The van der Waals surface area contributed by atoms with E-state index in [4.69, 9.17) is 0 Å². The van der Waals surface area contributed by atoms with Crippen LogP contribution in [0.2, 0.25) is 0 Å². The van der Waals surface area contributed by atoms with Gasteiger partial charge in [-0.15, -0.1) is 0 Å². The molecule has 0 amide bonds. The molecular formula is C13H22N2S. The largest absolute Gasteiger partial charge is 0.314 e. The number of likely N-dealkylation sites (tertiary alicyclic amines) is 1. The lowest BCUT2D eigenvalue weighted by Crippen LogP contribution is -2.50. The second-order valence-corrected chi connectivity index (χ2v) is 5.86. The van der Waals surface area contributed by atoms with Crippen LogP contribution in [0.1, 0.15) is 38.3 Å². The summed E-state index contributed by atoms with van der Waals surface area (Å²) in [5.41, 5.74) is 1.82. The average molecular weight is 238 g/mol. The summed E-state index contributed by atoms with van der Waals surface area (Å²) in [6.07, 6.45) is 2.50. The van der Waals surface area contributed by atoms with Crippen molar-refractivity contribution in [2.24, 2.45) is 0 Å². The Morgan fingerprint density at radius 2 is 2.12 bits per heavy atom. The smallest absolute Gasteiger partial charge is 0.0328 e. The van der Waals surface area contributed by atoms with E-state index in [0.29, 0.717) is 11.6 Å². The van der Waals surface area contributed by atoms with Crippen LogP contribution in [0.15, 0.2) is 16.8 Å². The summed E-state index contributed by atoms with van der Waals surface area (Å²) >= 11 is 1.80. The standard InChI is InChI=1S/C13H22N2S/c1-11(12-4-9-16-10-12)15-7-5-13(2,14-3)6-8-15/h4,9-11,14H,5-8H2,1-3H3. The summed E-state index contributed by atoms with van der Waals surface area (Å²) in [7, 11) is 2.08. The van der Waals surface area contributed by atoms with Crippen molar-refractivity contribution in [1.82, 2.24) is 10.2 Å². The van der Waals surface area contributed by atoms with Crippen molar-refractivity contribution in [2.45, 2.75) is 38.3 Å². The maximum atomic E-state index is 3.45. The molecule has 2 heterocycles. The first kappa shape index (κ1) is 12.1. The highest BCUT2D eigenvalue weighted by atomic mass is 32.1. The highest BCUT2D eigenvalue weighted by Crippen LogP contribution is 2.29. The van der Waals surface area contributed by atoms with Gasteiger partial charge >= 0.3 is 0 Å². The Morgan fingerprint density at radius 1 is 1.44 bits per heavy atom. The first-order valence-electron chi connectivity index (χ1n) is 6.10. The topological polar surface area (TPSA) is 15.3 Å². The fraction of sp³-hybridized carbons (Fsp3) is 0.692. The molecule has 1 atom stereocenters. The van der Waals surface area contributed by atoms with Gasteiger partial charge in [-0.3, -0.25) is 4.90 Å². The van der Waals surface area contributed by atoms with Gasteiger partial charge in [0.25, 0.3) is 0 Å². The van der Waals surface area contributed by atoms with Crippen LogP contribution in [0.3, 0.4) is 0 Å². The fourth-order valence-corrected chi connectivity index (χ4v) is 3.13. The van der Waals surface area contributed by atoms with Crippen molar-refractivity contribution in [1.29, 1.82) is 0 Å². The Morgan fingerprint density at radius 3 is 2.62 bits per heavy atom.